The van der Waals surface area contributed by atoms with Crippen molar-refractivity contribution in [3.8, 4) is 0 Å². The Labute approximate surface area is 192 Å². The molecule has 0 aromatic heterocycles. The van der Waals surface area contributed by atoms with Gasteiger partial charge in [-0.05, 0) is 29.2 Å². The highest BCUT2D eigenvalue weighted by Gasteiger charge is 2.51. The number of benzene rings is 2. The molecular formula is C27H42O2Si2. The maximum absolute atomic E-state index is 6.47. The standard InChI is InChI=1S/C27H42O2Si2/c1-26(2,3)30(7,8)28-20-22-19-23(29-22)21-31(27(4,5)6,24-15-11-9-12-16-24)25-17-13-10-14-18-25/h9-18,22-23H,19-21H2,1-8H3/t22-,23-/m0/s1. The average Bonchev–Trinajstić information content (AvgIpc) is 2.66. The molecule has 0 radical (unpaired) electrons. The Morgan fingerprint density at radius 2 is 1.23 bits per heavy atom. The third-order valence-electron chi connectivity index (χ3n) is 7.69. The molecule has 4 heteroatoms. The summed E-state index contributed by atoms with van der Waals surface area (Å²) in [6, 6.07) is 23.6. The van der Waals surface area contributed by atoms with Crippen molar-refractivity contribution >= 4 is 26.8 Å². The Hall–Kier alpha value is -1.21. The summed E-state index contributed by atoms with van der Waals surface area (Å²) < 4.78 is 12.9. The SMILES string of the molecule is CC(C)(C)[Si](C)(C)OC[C@@H]1C[C@@H](C[Si](c2ccccc2)(c2ccccc2)C(C)(C)C)O1. The summed E-state index contributed by atoms with van der Waals surface area (Å²) in [5.41, 5.74) is 0. The van der Waals surface area contributed by atoms with Crippen LogP contribution in [0.3, 0.4) is 0 Å². The average molecular weight is 455 g/mol. The van der Waals surface area contributed by atoms with Gasteiger partial charge in [0.05, 0.1) is 18.8 Å². The monoisotopic (exact) mass is 454 g/mol. The molecule has 2 atom stereocenters. The van der Waals surface area contributed by atoms with Gasteiger partial charge in [0.15, 0.2) is 8.32 Å². The van der Waals surface area contributed by atoms with Gasteiger partial charge in [0.25, 0.3) is 0 Å². The molecule has 1 saturated heterocycles. The molecule has 1 heterocycles. The Kier molecular flexibility index (Phi) is 7.07. The number of rotatable bonds is 7. The Balaban J connectivity index is 1.79. The Morgan fingerprint density at radius 3 is 1.61 bits per heavy atom. The first-order chi connectivity index (χ1) is 14.4. The van der Waals surface area contributed by atoms with Crippen LogP contribution in [-0.4, -0.2) is 35.2 Å². The topological polar surface area (TPSA) is 18.5 Å². The predicted molar refractivity (Wildman–Crippen MR) is 139 cm³/mol. The molecular weight excluding hydrogens is 412 g/mol. The van der Waals surface area contributed by atoms with Crippen molar-refractivity contribution in [2.24, 2.45) is 0 Å². The zero-order valence-corrected chi connectivity index (χ0v) is 22.9. The molecule has 0 aliphatic carbocycles. The second-order valence-corrected chi connectivity index (χ2v) is 21.5. The van der Waals surface area contributed by atoms with E-state index in [9.17, 15) is 0 Å². The fourth-order valence-electron chi connectivity index (χ4n) is 4.67. The molecule has 0 N–H and O–H groups in total. The van der Waals surface area contributed by atoms with E-state index in [1.807, 2.05) is 0 Å². The van der Waals surface area contributed by atoms with E-state index in [4.69, 9.17) is 9.16 Å². The lowest BCUT2D eigenvalue weighted by atomic mass is 10.1. The first-order valence-electron chi connectivity index (χ1n) is 11.8. The van der Waals surface area contributed by atoms with Crippen molar-refractivity contribution in [1.82, 2.24) is 0 Å². The summed E-state index contributed by atoms with van der Waals surface area (Å²) in [5.74, 6) is 0. The molecule has 2 nitrogen and oxygen atoms in total. The molecule has 31 heavy (non-hydrogen) atoms. The fourth-order valence-corrected chi connectivity index (χ4v) is 11.3. The van der Waals surface area contributed by atoms with Gasteiger partial charge in [-0.15, -0.1) is 0 Å². The maximum atomic E-state index is 6.47. The van der Waals surface area contributed by atoms with Crippen LogP contribution in [0.4, 0.5) is 0 Å². The third-order valence-corrected chi connectivity index (χ3v) is 18.5. The zero-order valence-electron chi connectivity index (χ0n) is 20.9. The molecule has 0 unspecified atom stereocenters. The summed E-state index contributed by atoms with van der Waals surface area (Å²) in [6.07, 6.45) is 1.68. The number of ether oxygens (including phenoxy) is 1. The van der Waals surface area contributed by atoms with E-state index in [0.29, 0.717) is 6.10 Å². The second kappa shape index (κ2) is 8.97. The van der Waals surface area contributed by atoms with Crippen molar-refractivity contribution in [3.63, 3.8) is 0 Å². The van der Waals surface area contributed by atoms with Gasteiger partial charge in [0.1, 0.15) is 8.07 Å². The normalized spacial score (nSPS) is 20.4. The van der Waals surface area contributed by atoms with E-state index in [0.717, 1.165) is 19.1 Å². The second-order valence-electron chi connectivity index (χ2n) is 11.8. The van der Waals surface area contributed by atoms with E-state index < -0.39 is 16.4 Å². The quantitative estimate of drug-likeness (QED) is 0.462. The van der Waals surface area contributed by atoms with Crippen LogP contribution in [0, 0.1) is 0 Å². The number of hydrogen-bond acceptors (Lipinski definition) is 2. The highest BCUT2D eigenvalue weighted by Crippen LogP contribution is 2.43. The predicted octanol–water partition coefficient (Wildman–Crippen LogP) is 6.23. The van der Waals surface area contributed by atoms with Gasteiger partial charge in [-0.1, -0.05) is 113 Å². The minimum atomic E-state index is -2.06. The van der Waals surface area contributed by atoms with Gasteiger partial charge < -0.3 is 9.16 Å². The van der Waals surface area contributed by atoms with Crippen LogP contribution in [0.15, 0.2) is 60.7 Å². The molecule has 3 rings (SSSR count). The minimum Gasteiger partial charge on any atom is -0.414 e. The highest BCUT2D eigenvalue weighted by molar-refractivity contribution is 7.04. The highest BCUT2D eigenvalue weighted by atomic mass is 28.4. The van der Waals surface area contributed by atoms with Crippen molar-refractivity contribution < 1.29 is 9.16 Å². The summed E-state index contributed by atoms with van der Waals surface area (Å²) >= 11 is 0. The van der Waals surface area contributed by atoms with Gasteiger partial charge in [-0.25, -0.2) is 0 Å². The molecule has 170 valence electrons. The number of hydrogen-bond donors (Lipinski definition) is 0. The van der Waals surface area contributed by atoms with Gasteiger partial charge in [0.2, 0.25) is 0 Å². The zero-order chi connectivity index (χ0) is 22.9. The van der Waals surface area contributed by atoms with E-state index in [1.165, 1.54) is 10.4 Å². The van der Waals surface area contributed by atoms with Crippen LogP contribution in [0.2, 0.25) is 29.2 Å². The molecule has 1 aliphatic heterocycles. The van der Waals surface area contributed by atoms with Gasteiger partial charge >= 0.3 is 0 Å². The maximum Gasteiger partial charge on any atom is 0.192 e. The lowest BCUT2D eigenvalue weighted by molar-refractivity contribution is -0.130. The molecule has 0 bridgehead atoms. The molecule has 2 aromatic carbocycles. The molecule has 0 amide bonds. The molecule has 2 aromatic rings. The Morgan fingerprint density at radius 1 is 0.774 bits per heavy atom. The lowest BCUT2D eigenvalue weighted by Crippen LogP contribution is -2.66. The molecule has 1 aliphatic rings. The van der Waals surface area contributed by atoms with Crippen molar-refractivity contribution in [2.75, 3.05) is 6.61 Å². The van der Waals surface area contributed by atoms with Gasteiger partial charge in [-0.3, -0.25) is 0 Å². The molecule has 0 spiro atoms. The van der Waals surface area contributed by atoms with E-state index in [1.54, 1.807) is 0 Å². The van der Waals surface area contributed by atoms with Crippen molar-refractivity contribution in [3.05, 3.63) is 60.7 Å². The van der Waals surface area contributed by atoms with Crippen LogP contribution in [-0.2, 0) is 9.16 Å². The van der Waals surface area contributed by atoms with Crippen LogP contribution in [0.25, 0.3) is 0 Å². The summed E-state index contributed by atoms with van der Waals surface area (Å²) in [6.45, 7) is 19.6. The summed E-state index contributed by atoms with van der Waals surface area (Å²) in [7, 11) is -3.78. The fraction of sp³-hybridized carbons (Fsp3) is 0.556. The van der Waals surface area contributed by atoms with E-state index in [2.05, 4.69) is 115 Å². The van der Waals surface area contributed by atoms with Crippen LogP contribution in [0.5, 0.6) is 0 Å². The van der Waals surface area contributed by atoms with Crippen LogP contribution >= 0.6 is 0 Å². The van der Waals surface area contributed by atoms with Gasteiger partial charge in [0, 0.05) is 6.42 Å². The molecule has 1 fully saturated rings. The van der Waals surface area contributed by atoms with Crippen LogP contribution in [0.1, 0.15) is 48.0 Å². The lowest BCUT2D eigenvalue weighted by Gasteiger charge is -2.49. The largest absolute Gasteiger partial charge is 0.414 e. The van der Waals surface area contributed by atoms with Crippen molar-refractivity contribution in [1.29, 1.82) is 0 Å². The van der Waals surface area contributed by atoms with Crippen LogP contribution < -0.4 is 10.4 Å². The smallest absolute Gasteiger partial charge is 0.192 e. The van der Waals surface area contributed by atoms with Crippen molar-refractivity contribution in [2.45, 2.75) is 89.4 Å². The first-order valence-corrected chi connectivity index (χ1v) is 16.9. The summed E-state index contributed by atoms with van der Waals surface area (Å²) in [5, 5.41) is 3.45. The van der Waals surface area contributed by atoms with E-state index >= 15 is 0 Å². The van der Waals surface area contributed by atoms with Gasteiger partial charge in [-0.2, -0.15) is 0 Å². The Bertz CT molecular complexity index is 790. The first kappa shape index (κ1) is 24.4. The molecule has 0 saturated carbocycles. The third kappa shape index (κ3) is 5.08. The summed E-state index contributed by atoms with van der Waals surface area (Å²) in [4.78, 5) is 0. The minimum absolute atomic E-state index is 0.182. The van der Waals surface area contributed by atoms with E-state index in [-0.39, 0.29) is 16.2 Å².